The van der Waals surface area contributed by atoms with Crippen LogP contribution in [0.3, 0.4) is 0 Å². The number of fused-ring (bicyclic) bond motifs is 5. The number of nitrogens with zero attached hydrogens (tertiary/aromatic N) is 2. The summed E-state index contributed by atoms with van der Waals surface area (Å²) < 4.78 is 29.4. The van der Waals surface area contributed by atoms with E-state index < -0.39 is 17.9 Å². The van der Waals surface area contributed by atoms with Gasteiger partial charge in [-0.15, -0.1) is 0 Å². The van der Waals surface area contributed by atoms with Crippen molar-refractivity contribution in [2.24, 2.45) is 34.5 Å². The van der Waals surface area contributed by atoms with E-state index in [2.05, 4.69) is 30.2 Å². The summed E-state index contributed by atoms with van der Waals surface area (Å²) in [6, 6.07) is 2.99. The highest BCUT2D eigenvalue weighted by atomic mass is 19.1. The highest BCUT2D eigenvalue weighted by Crippen LogP contribution is 2.66. The van der Waals surface area contributed by atoms with Crippen molar-refractivity contribution in [3.05, 3.63) is 42.0 Å². The molecular formula is C27H35F2N3O2. The van der Waals surface area contributed by atoms with Gasteiger partial charge >= 0.3 is 0 Å². The molecule has 0 radical (unpaired) electrons. The Balaban J connectivity index is 1.30. The first-order chi connectivity index (χ1) is 16.2. The van der Waals surface area contributed by atoms with E-state index in [0.29, 0.717) is 24.2 Å². The van der Waals surface area contributed by atoms with E-state index in [4.69, 9.17) is 0 Å². The Kier molecular flexibility index (Phi) is 5.80. The number of nitrogens with one attached hydrogen (secondary N) is 1. The monoisotopic (exact) mass is 471 g/mol. The third-order valence-electron chi connectivity index (χ3n) is 10.1. The third-order valence-corrected chi connectivity index (χ3v) is 10.1. The molecule has 0 saturated heterocycles. The number of carbonyl (C=O) groups excluding carboxylic acids is 2. The van der Waals surface area contributed by atoms with Gasteiger partial charge in [0.1, 0.15) is 5.82 Å². The molecule has 34 heavy (non-hydrogen) atoms. The molecule has 1 aromatic rings. The number of hydrogen-bond donors (Lipinski definition) is 1. The van der Waals surface area contributed by atoms with Crippen molar-refractivity contribution in [2.75, 3.05) is 7.05 Å². The standard InChI is InChI=1S/C27H35F2N3O2/c1-26-12-10-18-16(6-9-22-27(18,2)13-11-23(33)32(22)3)17(26)7-8-19(26)24(29)25(34)31-15-21-20(28)5-4-14-30-21/h4-5,11,13-14,16-19,22,24H,6-10,12,15H2,1-3H3,(H,31,34). The van der Waals surface area contributed by atoms with Crippen LogP contribution < -0.4 is 5.32 Å². The Morgan fingerprint density at radius 2 is 2.03 bits per heavy atom. The summed E-state index contributed by atoms with van der Waals surface area (Å²) in [5.41, 5.74) is -0.158. The molecule has 3 aliphatic carbocycles. The molecule has 0 aromatic carbocycles. The Morgan fingerprint density at radius 1 is 1.24 bits per heavy atom. The summed E-state index contributed by atoms with van der Waals surface area (Å²) in [6.45, 7) is 4.37. The molecule has 8 unspecified atom stereocenters. The maximum Gasteiger partial charge on any atom is 0.255 e. The summed E-state index contributed by atoms with van der Waals surface area (Å²) in [5.74, 6) is -0.0848. The number of amides is 2. The second-order valence-electron chi connectivity index (χ2n) is 11.4. The highest BCUT2D eigenvalue weighted by Gasteiger charge is 2.62. The predicted octanol–water partition coefficient (Wildman–Crippen LogP) is 4.43. The molecule has 0 spiro atoms. The first kappa shape index (κ1) is 23.4. The van der Waals surface area contributed by atoms with Crippen molar-refractivity contribution < 1.29 is 18.4 Å². The Bertz CT molecular complexity index is 1020. The minimum absolute atomic E-state index is 0.0513. The second kappa shape index (κ2) is 8.42. The van der Waals surface area contributed by atoms with E-state index in [1.54, 1.807) is 6.08 Å². The Labute approximate surface area is 200 Å². The number of rotatable bonds is 4. The largest absolute Gasteiger partial charge is 0.348 e. The molecule has 5 rings (SSSR count). The maximum absolute atomic E-state index is 15.6. The van der Waals surface area contributed by atoms with Gasteiger partial charge < -0.3 is 10.2 Å². The van der Waals surface area contributed by atoms with Crippen molar-refractivity contribution in [3.8, 4) is 0 Å². The topological polar surface area (TPSA) is 62.3 Å². The zero-order chi connectivity index (χ0) is 24.3. The van der Waals surface area contributed by atoms with Gasteiger partial charge in [0.25, 0.3) is 5.91 Å². The average Bonchev–Trinajstić information content (AvgIpc) is 3.17. The molecule has 4 aliphatic rings. The van der Waals surface area contributed by atoms with Gasteiger partial charge in [0.15, 0.2) is 6.17 Å². The van der Waals surface area contributed by atoms with Crippen LogP contribution in [0, 0.1) is 40.3 Å². The number of pyridine rings is 1. The molecule has 2 amide bonds. The number of aromatic nitrogens is 1. The van der Waals surface area contributed by atoms with Crippen LogP contribution in [-0.2, 0) is 16.1 Å². The van der Waals surface area contributed by atoms with E-state index in [1.807, 2.05) is 11.9 Å². The van der Waals surface area contributed by atoms with Gasteiger partial charge in [0.2, 0.25) is 5.91 Å². The van der Waals surface area contributed by atoms with Gasteiger partial charge in [0, 0.05) is 30.6 Å². The van der Waals surface area contributed by atoms with Gasteiger partial charge in [-0.05, 0) is 79.9 Å². The fourth-order valence-electron chi connectivity index (χ4n) is 8.26. The van der Waals surface area contributed by atoms with Crippen LogP contribution in [-0.4, -0.2) is 41.0 Å². The average molecular weight is 472 g/mol. The van der Waals surface area contributed by atoms with Crippen molar-refractivity contribution in [3.63, 3.8) is 0 Å². The normalized spacial score (nSPS) is 39.7. The van der Waals surface area contributed by atoms with Crippen LogP contribution in [0.4, 0.5) is 8.78 Å². The molecule has 0 bridgehead atoms. The van der Waals surface area contributed by atoms with E-state index >= 15 is 4.39 Å². The quantitative estimate of drug-likeness (QED) is 0.707. The fraction of sp³-hybridized carbons (Fsp3) is 0.667. The van der Waals surface area contributed by atoms with Gasteiger partial charge in [-0.3, -0.25) is 14.6 Å². The molecule has 8 atom stereocenters. The summed E-state index contributed by atoms with van der Waals surface area (Å²) in [7, 11) is 1.91. The summed E-state index contributed by atoms with van der Waals surface area (Å²) in [4.78, 5) is 30.9. The number of carbonyl (C=O) groups is 2. The lowest BCUT2D eigenvalue weighted by atomic mass is 9.47. The zero-order valence-electron chi connectivity index (χ0n) is 20.3. The lowest BCUT2D eigenvalue weighted by Crippen LogP contribution is -2.60. The molecule has 2 heterocycles. The molecule has 1 aliphatic heterocycles. The van der Waals surface area contributed by atoms with Crippen molar-refractivity contribution in [2.45, 2.75) is 71.1 Å². The second-order valence-corrected chi connectivity index (χ2v) is 11.4. The van der Waals surface area contributed by atoms with Crippen LogP contribution in [0.1, 0.15) is 58.1 Å². The van der Waals surface area contributed by atoms with Crippen LogP contribution in [0.15, 0.2) is 30.5 Å². The maximum atomic E-state index is 15.6. The third kappa shape index (κ3) is 3.49. The van der Waals surface area contributed by atoms with Gasteiger partial charge in [0.05, 0.1) is 12.2 Å². The number of halogens is 2. The molecule has 7 heteroatoms. The van der Waals surface area contributed by atoms with Crippen LogP contribution in [0.2, 0.25) is 0 Å². The summed E-state index contributed by atoms with van der Waals surface area (Å²) in [6.07, 6.45) is 9.26. The van der Waals surface area contributed by atoms with Crippen molar-refractivity contribution in [1.29, 1.82) is 0 Å². The SMILES string of the molecule is CN1C(=O)C=CC2(C)C3CCC4(C)C(C(F)C(=O)NCc5ncccc5F)CCC4C3CCC12. The van der Waals surface area contributed by atoms with E-state index in [-0.39, 0.29) is 40.9 Å². The first-order valence-electron chi connectivity index (χ1n) is 12.6. The lowest BCUT2D eigenvalue weighted by molar-refractivity contribution is -0.141. The van der Waals surface area contributed by atoms with E-state index in [9.17, 15) is 14.0 Å². The molecule has 1 N–H and O–H groups in total. The molecule has 5 nitrogen and oxygen atoms in total. The lowest BCUT2D eigenvalue weighted by Gasteiger charge is -2.60. The molecular weight excluding hydrogens is 436 g/mol. The fourth-order valence-corrected chi connectivity index (χ4v) is 8.26. The minimum atomic E-state index is -1.61. The molecule has 184 valence electrons. The first-order valence-corrected chi connectivity index (χ1v) is 12.6. The van der Waals surface area contributed by atoms with Crippen LogP contribution in [0.25, 0.3) is 0 Å². The summed E-state index contributed by atoms with van der Waals surface area (Å²) >= 11 is 0. The van der Waals surface area contributed by atoms with Gasteiger partial charge in [-0.2, -0.15) is 0 Å². The van der Waals surface area contributed by atoms with E-state index in [1.165, 1.54) is 18.3 Å². The van der Waals surface area contributed by atoms with Crippen molar-refractivity contribution >= 4 is 11.8 Å². The molecule has 3 saturated carbocycles. The smallest absolute Gasteiger partial charge is 0.255 e. The molecule has 3 fully saturated rings. The van der Waals surface area contributed by atoms with Crippen LogP contribution >= 0.6 is 0 Å². The number of hydrogen-bond acceptors (Lipinski definition) is 3. The van der Waals surface area contributed by atoms with Crippen molar-refractivity contribution in [1.82, 2.24) is 15.2 Å². The molecule has 1 aromatic heterocycles. The Hall–Kier alpha value is -2.31. The zero-order valence-corrected chi connectivity index (χ0v) is 20.3. The Morgan fingerprint density at radius 3 is 2.79 bits per heavy atom. The van der Waals surface area contributed by atoms with Gasteiger partial charge in [-0.1, -0.05) is 19.9 Å². The number of likely N-dealkylation sites (N-methyl/N-ethyl adjacent to an activating group) is 1. The van der Waals surface area contributed by atoms with Gasteiger partial charge in [-0.25, -0.2) is 8.78 Å². The van der Waals surface area contributed by atoms with E-state index in [0.717, 1.165) is 32.1 Å². The summed E-state index contributed by atoms with van der Waals surface area (Å²) in [5, 5.41) is 2.57. The predicted molar refractivity (Wildman–Crippen MR) is 125 cm³/mol. The minimum Gasteiger partial charge on any atom is -0.348 e. The van der Waals surface area contributed by atoms with Crippen LogP contribution in [0.5, 0.6) is 0 Å². The highest BCUT2D eigenvalue weighted by molar-refractivity contribution is 5.89. The number of alkyl halides is 1.